The molecule has 2 rings (SSSR count). The molecule has 0 radical (unpaired) electrons. The zero-order valence-corrected chi connectivity index (χ0v) is 13.0. The maximum absolute atomic E-state index is 12.5. The van der Waals surface area contributed by atoms with Crippen LogP contribution in [-0.4, -0.2) is 63.0 Å². The fourth-order valence-corrected chi connectivity index (χ4v) is 5.59. The zero-order valence-electron chi connectivity index (χ0n) is 11.3. The van der Waals surface area contributed by atoms with Crippen LogP contribution in [0.25, 0.3) is 0 Å². The van der Waals surface area contributed by atoms with Crippen LogP contribution >= 0.6 is 0 Å². The van der Waals surface area contributed by atoms with Crippen molar-refractivity contribution < 1.29 is 16.8 Å². The Labute approximate surface area is 118 Å². The Balaban J connectivity index is 2.28. The minimum atomic E-state index is -3.77. The molecule has 0 spiro atoms. The Morgan fingerprint density at radius 1 is 1.55 bits per heavy atom. The van der Waals surface area contributed by atoms with E-state index in [-0.39, 0.29) is 16.5 Å². The summed E-state index contributed by atoms with van der Waals surface area (Å²) in [6, 6.07) is -0.518. The number of rotatable bonds is 5. The normalized spacial score (nSPS) is 22.4. The summed E-state index contributed by atoms with van der Waals surface area (Å²) >= 11 is 0. The van der Waals surface area contributed by atoms with Gasteiger partial charge in [-0.05, 0) is 13.5 Å². The Hall–Kier alpha value is -0.970. The molecule has 1 aliphatic rings. The quantitative estimate of drug-likeness (QED) is 0.714. The zero-order chi connectivity index (χ0) is 15.0. The summed E-state index contributed by atoms with van der Waals surface area (Å²) in [4.78, 5) is 0. The lowest BCUT2D eigenvalue weighted by Gasteiger charge is -2.22. The average molecular weight is 322 g/mol. The van der Waals surface area contributed by atoms with Crippen molar-refractivity contribution in [1.82, 2.24) is 19.8 Å². The maximum Gasteiger partial charge on any atom is 0.260 e. The van der Waals surface area contributed by atoms with E-state index in [4.69, 9.17) is 0 Å². The molecule has 2 N–H and O–H groups in total. The first-order valence-electron chi connectivity index (χ1n) is 6.13. The van der Waals surface area contributed by atoms with Crippen LogP contribution in [0.3, 0.4) is 0 Å². The van der Waals surface area contributed by atoms with Crippen LogP contribution in [-0.2, 0) is 26.4 Å². The molecule has 114 valence electrons. The van der Waals surface area contributed by atoms with E-state index >= 15 is 0 Å². The van der Waals surface area contributed by atoms with E-state index in [0.717, 1.165) is 4.31 Å². The fraction of sp³-hybridized carbons (Fsp3) is 0.700. The van der Waals surface area contributed by atoms with E-state index in [1.54, 1.807) is 7.05 Å². The molecule has 20 heavy (non-hydrogen) atoms. The van der Waals surface area contributed by atoms with Gasteiger partial charge in [0.1, 0.15) is 0 Å². The fourth-order valence-electron chi connectivity index (χ4n) is 2.24. The van der Waals surface area contributed by atoms with E-state index < -0.39 is 25.9 Å². The number of hydrogen-bond acceptors (Lipinski definition) is 6. The lowest BCUT2D eigenvalue weighted by Crippen LogP contribution is -2.38. The first-order valence-corrected chi connectivity index (χ1v) is 9.39. The second-order valence-electron chi connectivity index (χ2n) is 4.83. The van der Waals surface area contributed by atoms with Crippen molar-refractivity contribution in [3.8, 4) is 0 Å². The molecule has 1 aromatic heterocycles. The number of aromatic nitrogens is 2. The van der Waals surface area contributed by atoms with Crippen LogP contribution in [0.15, 0.2) is 11.2 Å². The number of sulfonamides is 1. The molecule has 0 aromatic carbocycles. The number of nitrogens with zero attached hydrogens (tertiary/aromatic N) is 2. The van der Waals surface area contributed by atoms with Gasteiger partial charge in [-0.15, -0.1) is 0 Å². The molecule has 0 saturated carbocycles. The van der Waals surface area contributed by atoms with E-state index in [1.165, 1.54) is 13.2 Å². The van der Waals surface area contributed by atoms with Gasteiger partial charge in [-0.3, -0.25) is 5.10 Å². The highest BCUT2D eigenvalue weighted by Gasteiger charge is 2.37. The van der Waals surface area contributed by atoms with Crippen LogP contribution in [0.4, 0.5) is 0 Å². The summed E-state index contributed by atoms with van der Waals surface area (Å²) in [6.45, 7) is 0.363. The molecular weight excluding hydrogens is 304 g/mol. The predicted molar refractivity (Wildman–Crippen MR) is 73.4 cm³/mol. The van der Waals surface area contributed by atoms with Gasteiger partial charge in [0.15, 0.2) is 14.9 Å². The topological polar surface area (TPSA) is 112 Å². The summed E-state index contributed by atoms with van der Waals surface area (Å²) in [5.74, 6) is -0.0951. The van der Waals surface area contributed by atoms with Gasteiger partial charge in [0.2, 0.25) is 0 Å². The highest BCUT2D eigenvalue weighted by molar-refractivity contribution is 7.92. The first-order chi connectivity index (χ1) is 9.28. The molecule has 8 nitrogen and oxygen atoms in total. The highest BCUT2D eigenvalue weighted by atomic mass is 32.2. The van der Waals surface area contributed by atoms with Gasteiger partial charge >= 0.3 is 0 Å². The maximum atomic E-state index is 12.5. The number of sulfone groups is 1. The first kappa shape index (κ1) is 15.4. The lowest BCUT2D eigenvalue weighted by atomic mass is 10.3. The van der Waals surface area contributed by atoms with E-state index in [0.29, 0.717) is 18.5 Å². The third-order valence-corrected chi connectivity index (χ3v) is 7.08. The summed E-state index contributed by atoms with van der Waals surface area (Å²) in [5.41, 5.74) is 0.528. The highest BCUT2D eigenvalue weighted by Crippen LogP contribution is 2.24. The van der Waals surface area contributed by atoms with Gasteiger partial charge in [0.25, 0.3) is 10.0 Å². The molecule has 0 aliphatic carbocycles. The standard InChI is InChI=1S/C10H18N4O4S2/c1-11-5-8-6-12-13-10(8)20(17,18)14(2)9-3-4-19(15,16)7-9/h6,9,11H,3-5,7H2,1-2H3,(H,12,13). The molecule has 2 heterocycles. The molecule has 1 unspecified atom stereocenters. The number of nitrogens with one attached hydrogen (secondary N) is 2. The van der Waals surface area contributed by atoms with Gasteiger partial charge in [-0.25, -0.2) is 16.8 Å². The summed E-state index contributed by atoms with van der Waals surface area (Å²) in [5, 5.41) is 9.12. The smallest absolute Gasteiger partial charge is 0.260 e. The third-order valence-electron chi connectivity index (χ3n) is 3.41. The third kappa shape index (κ3) is 2.87. The van der Waals surface area contributed by atoms with Gasteiger partial charge < -0.3 is 5.32 Å². The second kappa shape index (κ2) is 5.43. The Kier molecular flexibility index (Phi) is 4.19. The minimum absolute atomic E-state index is 0.0126. The monoisotopic (exact) mass is 322 g/mol. The molecule has 1 fully saturated rings. The SMILES string of the molecule is CNCc1cn[nH]c1S(=O)(=O)N(C)C1CCS(=O)(=O)C1. The van der Waals surface area contributed by atoms with Crippen LogP contribution in [0.5, 0.6) is 0 Å². The van der Waals surface area contributed by atoms with Crippen molar-refractivity contribution in [1.29, 1.82) is 0 Å². The van der Waals surface area contributed by atoms with Gasteiger partial charge in [-0.2, -0.15) is 9.40 Å². The van der Waals surface area contributed by atoms with Crippen molar-refractivity contribution in [2.45, 2.75) is 24.0 Å². The van der Waals surface area contributed by atoms with Crippen LogP contribution in [0, 0.1) is 0 Å². The van der Waals surface area contributed by atoms with Crippen LogP contribution in [0.1, 0.15) is 12.0 Å². The van der Waals surface area contributed by atoms with E-state index in [2.05, 4.69) is 15.5 Å². The Morgan fingerprint density at radius 3 is 2.80 bits per heavy atom. The van der Waals surface area contributed by atoms with E-state index in [1.807, 2.05) is 0 Å². The second-order valence-corrected chi connectivity index (χ2v) is 9.00. The molecule has 0 amide bonds. The average Bonchev–Trinajstić information content (AvgIpc) is 2.95. The van der Waals surface area contributed by atoms with Crippen LogP contribution in [0.2, 0.25) is 0 Å². The van der Waals surface area contributed by atoms with Crippen molar-refractivity contribution in [2.75, 3.05) is 25.6 Å². The summed E-state index contributed by atoms with van der Waals surface area (Å²) < 4.78 is 49.1. The lowest BCUT2D eigenvalue weighted by molar-refractivity contribution is 0.391. The van der Waals surface area contributed by atoms with Crippen molar-refractivity contribution in [3.63, 3.8) is 0 Å². The van der Waals surface area contributed by atoms with Gasteiger partial charge in [0.05, 0.1) is 17.7 Å². The number of H-pyrrole nitrogens is 1. The molecular formula is C10H18N4O4S2. The largest absolute Gasteiger partial charge is 0.316 e. The molecule has 10 heteroatoms. The molecule has 0 bridgehead atoms. The Morgan fingerprint density at radius 2 is 2.25 bits per heavy atom. The van der Waals surface area contributed by atoms with E-state index in [9.17, 15) is 16.8 Å². The van der Waals surface area contributed by atoms with Crippen molar-refractivity contribution in [2.24, 2.45) is 0 Å². The van der Waals surface area contributed by atoms with Gasteiger partial charge in [0, 0.05) is 25.2 Å². The van der Waals surface area contributed by atoms with Gasteiger partial charge in [-0.1, -0.05) is 0 Å². The predicted octanol–water partition coefficient (Wildman–Crippen LogP) is -1.06. The Bertz CT molecular complexity index is 680. The number of hydrogen-bond donors (Lipinski definition) is 2. The molecule has 1 atom stereocenters. The number of aromatic amines is 1. The summed E-state index contributed by atoms with van der Waals surface area (Å²) in [7, 11) is -3.79. The molecule has 1 aliphatic heterocycles. The molecule has 1 aromatic rings. The van der Waals surface area contributed by atoms with Crippen molar-refractivity contribution in [3.05, 3.63) is 11.8 Å². The van der Waals surface area contributed by atoms with Crippen LogP contribution < -0.4 is 5.32 Å². The summed E-state index contributed by atoms with van der Waals surface area (Å²) in [6.07, 6.45) is 1.77. The molecule has 1 saturated heterocycles. The minimum Gasteiger partial charge on any atom is -0.316 e. The van der Waals surface area contributed by atoms with Crippen molar-refractivity contribution >= 4 is 19.9 Å².